The monoisotopic (exact) mass is 230 g/mol. The van der Waals surface area contributed by atoms with Crippen LogP contribution in [0, 0.1) is 5.41 Å². The lowest BCUT2D eigenvalue weighted by Crippen LogP contribution is -2.36. The number of hydrogen-bond acceptors (Lipinski definition) is 1. The summed E-state index contributed by atoms with van der Waals surface area (Å²) >= 11 is 1.89. The highest BCUT2D eigenvalue weighted by atomic mass is 32.2. The van der Waals surface area contributed by atoms with Gasteiger partial charge in [0, 0.05) is 10.2 Å². The van der Waals surface area contributed by atoms with E-state index in [1.165, 1.54) is 5.57 Å². The number of thioether (sulfide) groups is 1. The van der Waals surface area contributed by atoms with E-state index in [4.69, 9.17) is 0 Å². The molecule has 0 amide bonds. The summed E-state index contributed by atoms with van der Waals surface area (Å²) in [7, 11) is 0. The van der Waals surface area contributed by atoms with Gasteiger partial charge in [0.2, 0.25) is 0 Å². The van der Waals surface area contributed by atoms with Gasteiger partial charge in [-0.25, -0.2) is 0 Å². The van der Waals surface area contributed by atoms with Crippen LogP contribution in [-0.2, 0) is 0 Å². The summed E-state index contributed by atoms with van der Waals surface area (Å²) in [5.41, 5.74) is 1.37. The lowest BCUT2D eigenvalue weighted by atomic mass is 9.76. The third-order valence-electron chi connectivity index (χ3n) is 3.48. The Hall–Kier alpha value is -0.950. The van der Waals surface area contributed by atoms with Crippen molar-refractivity contribution in [3.8, 4) is 0 Å². The van der Waals surface area contributed by atoms with Gasteiger partial charge >= 0.3 is 0 Å². The van der Waals surface area contributed by atoms with E-state index in [0.717, 1.165) is 0 Å². The highest BCUT2D eigenvalue weighted by Gasteiger charge is 2.39. The lowest BCUT2D eigenvalue weighted by Gasteiger charge is -2.40. The molecule has 1 aliphatic heterocycles. The van der Waals surface area contributed by atoms with Gasteiger partial charge in [0.05, 0.1) is 0 Å². The zero-order valence-corrected chi connectivity index (χ0v) is 10.9. The number of hydrogen-bond donors (Lipinski definition) is 0. The summed E-state index contributed by atoms with van der Waals surface area (Å²) < 4.78 is 0.104. The molecule has 2 aliphatic rings. The van der Waals surface area contributed by atoms with Crippen LogP contribution >= 0.6 is 11.8 Å². The van der Waals surface area contributed by atoms with E-state index in [2.05, 4.69) is 74.8 Å². The fourth-order valence-corrected chi connectivity index (χ4v) is 2.96. The van der Waals surface area contributed by atoms with Crippen molar-refractivity contribution < 1.29 is 0 Å². The maximum Gasteiger partial charge on any atom is 0.0477 e. The Morgan fingerprint density at radius 2 is 1.81 bits per heavy atom. The highest BCUT2D eigenvalue weighted by molar-refractivity contribution is 8.03. The largest absolute Gasteiger partial charge is 0.122 e. The molecule has 1 heteroatoms. The Morgan fingerprint density at radius 1 is 1.00 bits per heavy atom. The van der Waals surface area contributed by atoms with Gasteiger partial charge in [0.15, 0.2) is 0 Å². The molecule has 0 bridgehead atoms. The predicted octanol–water partition coefficient (Wildman–Crippen LogP) is 4.64. The minimum Gasteiger partial charge on any atom is -0.122 e. The number of rotatable bonds is 1. The van der Waals surface area contributed by atoms with Crippen molar-refractivity contribution in [2.75, 3.05) is 0 Å². The molecule has 0 aromatic carbocycles. The molecular weight excluding hydrogens is 212 g/mol. The number of allylic oxidation sites excluding steroid dienone is 8. The van der Waals surface area contributed by atoms with Gasteiger partial charge < -0.3 is 0 Å². The highest BCUT2D eigenvalue weighted by Crippen LogP contribution is 2.48. The zero-order chi connectivity index (χ0) is 11.6. The van der Waals surface area contributed by atoms with Crippen molar-refractivity contribution >= 4 is 11.8 Å². The third kappa shape index (κ3) is 1.97. The molecule has 0 saturated carbocycles. The predicted molar refractivity (Wildman–Crippen MR) is 74.4 cm³/mol. The van der Waals surface area contributed by atoms with Crippen LogP contribution in [0.15, 0.2) is 59.6 Å². The molecule has 0 nitrogen and oxygen atoms in total. The van der Waals surface area contributed by atoms with Crippen LogP contribution in [0.1, 0.15) is 20.8 Å². The molecule has 16 heavy (non-hydrogen) atoms. The van der Waals surface area contributed by atoms with Gasteiger partial charge in [-0.15, -0.1) is 11.8 Å². The van der Waals surface area contributed by atoms with E-state index in [1.54, 1.807) is 0 Å². The van der Waals surface area contributed by atoms with Crippen molar-refractivity contribution in [2.45, 2.75) is 25.5 Å². The fourth-order valence-electron chi connectivity index (χ4n) is 1.96. The second-order valence-corrected chi connectivity index (χ2v) is 6.15. The van der Waals surface area contributed by atoms with Crippen molar-refractivity contribution in [1.29, 1.82) is 0 Å². The fraction of sp³-hybridized carbons (Fsp3) is 0.333. The second-order valence-electron chi connectivity index (χ2n) is 4.80. The first-order valence-corrected chi connectivity index (χ1v) is 6.51. The maximum absolute atomic E-state index is 2.32. The molecule has 1 heterocycles. The first-order chi connectivity index (χ1) is 7.56. The average molecular weight is 230 g/mol. The topological polar surface area (TPSA) is 0 Å². The van der Waals surface area contributed by atoms with E-state index in [9.17, 15) is 0 Å². The van der Waals surface area contributed by atoms with Gasteiger partial charge in [-0.1, -0.05) is 61.1 Å². The van der Waals surface area contributed by atoms with Gasteiger partial charge in [-0.05, 0) is 19.3 Å². The molecule has 0 N–H and O–H groups in total. The van der Waals surface area contributed by atoms with Crippen LogP contribution in [0.3, 0.4) is 0 Å². The Morgan fingerprint density at radius 3 is 2.50 bits per heavy atom. The van der Waals surface area contributed by atoms with E-state index >= 15 is 0 Å². The molecule has 2 rings (SSSR count). The van der Waals surface area contributed by atoms with Crippen LogP contribution in [0.5, 0.6) is 0 Å². The molecule has 0 aromatic rings. The van der Waals surface area contributed by atoms with Crippen LogP contribution in [0.25, 0.3) is 0 Å². The average Bonchev–Trinajstić information content (AvgIpc) is 2.43. The van der Waals surface area contributed by atoms with Crippen molar-refractivity contribution in [1.82, 2.24) is 0 Å². The molecular formula is C15H18S. The minimum absolute atomic E-state index is 0.0627. The van der Waals surface area contributed by atoms with Crippen molar-refractivity contribution in [3.63, 3.8) is 0 Å². The normalized spacial score (nSPS) is 37.3. The van der Waals surface area contributed by atoms with Crippen LogP contribution in [0.4, 0.5) is 0 Å². The third-order valence-corrected chi connectivity index (χ3v) is 4.84. The Bertz CT molecular complexity index is 423. The summed E-state index contributed by atoms with van der Waals surface area (Å²) in [5, 5.41) is 2.18. The first-order valence-electron chi connectivity index (χ1n) is 5.63. The lowest BCUT2D eigenvalue weighted by molar-refractivity contribution is 0.465. The molecule has 0 radical (unpaired) electrons. The van der Waals surface area contributed by atoms with Gasteiger partial charge in [-0.3, -0.25) is 0 Å². The molecule has 2 atom stereocenters. The minimum atomic E-state index is 0.0627. The van der Waals surface area contributed by atoms with E-state index < -0.39 is 0 Å². The molecule has 1 aliphatic carbocycles. The Kier molecular flexibility index (Phi) is 2.98. The van der Waals surface area contributed by atoms with Crippen LogP contribution < -0.4 is 0 Å². The van der Waals surface area contributed by atoms with Crippen LogP contribution in [-0.4, -0.2) is 4.75 Å². The van der Waals surface area contributed by atoms with Crippen LogP contribution in [0.2, 0.25) is 0 Å². The SMILES string of the molecule is CC1=CC=CC(C)(C2(C)C=CC=CS2)C=C1. The van der Waals surface area contributed by atoms with Gasteiger partial charge in [-0.2, -0.15) is 0 Å². The smallest absolute Gasteiger partial charge is 0.0477 e. The Labute approximate surface area is 103 Å². The van der Waals surface area contributed by atoms with Crippen molar-refractivity contribution in [3.05, 3.63) is 59.6 Å². The van der Waals surface area contributed by atoms with Gasteiger partial charge in [0.1, 0.15) is 0 Å². The van der Waals surface area contributed by atoms with Crippen molar-refractivity contribution in [2.24, 2.45) is 5.41 Å². The molecule has 0 aromatic heterocycles. The molecule has 2 unspecified atom stereocenters. The standard InChI is InChI=1S/C15H18S/c1-13-7-6-9-14(2,11-8-13)15(3)10-4-5-12-16-15/h4-12H,1-3H3. The Balaban J connectivity index is 2.36. The van der Waals surface area contributed by atoms with E-state index in [-0.39, 0.29) is 10.2 Å². The zero-order valence-electron chi connectivity index (χ0n) is 10.1. The molecule has 84 valence electrons. The summed E-state index contributed by atoms with van der Waals surface area (Å²) in [4.78, 5) is 0. The first kappa shape index (κ1) is 11.5. The van der Waals surface area contributed by atoms with E-state index in [0.29, 0.717) is 0 Å². The molecule has 0 spiro atoms. The van der Waals surface area contributed by atoms with E-state index in [1.807, 2.05) is 11.8 Å². The van der Waals surface area contributed by atoms with Gasteiger partial charge in [0.25, 0.3) is 0 Å². The molecule has 0 saturated heterocycles. The summed E-state index contributed by atoms with van der Waals surface area (Å²) in [6, 6.07) is 0. The second kappa shape index (κ2) is 4.14. The maximum atomic E-state index is 2.32. The quantitative estimate of drug-likeness (QED) is 0.632. The summed E-state index contributed by atoms with van der Waals surface area (Å²) in [5.74, 6) is 0. The summed E-state index contributed by atoms with van der Waals surface area (Å²) in [6.07, 6.45) is 17.7. The summed E-state index contributed by atoms with van der Waals surface area (Å²) in [6.45, 7) is 6.73. The molecule has 0 fully saturated rings.